The highest BCUT2D eigenvalue weighted by atomic mass is 31.2. The molecule has 1 atom stereocenters. The molecule has 1 fully saturated rings. The molecule has 1 saturated heterocycles. The van der Waals surface area contributed by atoms with E-state index in [1.807, 2.05) is 0 Å². The van der Waals surface area contributed by atoms with Gasteiger partial charge >= 0.3 is 21.2 Å². The van der Waals surface area contributed by atoms with Gasteiger partial charge in [-0.05, 0) is 13.3 Å². The van der Waals surface area contributed by atoms with Gasteiger partial charge in [0.15, 0.2) is 5.85 Å². The van der Waals surface area contributed by atoms with E-state index in [1.165, 1.54) is 80.3 Å². The molecule has 0 radical (unpaired) electrons. The number of carbonyl (C=O) groups is 1. The van der Waals surface area contributed by atoms with E-state index in [4.69, 9.17) is 18.9 Å². The molecule has 0 amide bonds. The van der Waals surface area contributed by atoms with Crippen molar-refractivity contribution in [3.63, 3.8) is 0 Å². The molecule has 206 valence electrons. The number of rotatable bonds is 18. The Bertz CT molecular complexity index is 551. The molecule has 34 heavy (non-hydrogen) atoms. The Morgan fingerprint density at radius 1 is 0.853 bits per heavy atom. The van der Waals surface area contributed by atoms with E-state index in [2.05, 4.69) is 20.7 Å². The van der Waals surface area contributed by atoms with Gasteiger partial charge in [0.05, 0.1) is 19.4 Å². The van der Waals surface area contributed by atoms with Crippen LogP contribution in [0.15, 0.2) is 0 Å². The maximum atomic E-state index is 11.7. The third-order valence-corrected chi connectivity index (χ3v) is 8.62. The highest BCUT2D eigenvalue weighted by Crippen LogP contribution is 2.49. The molecule has 0 saturated carbocycles. The second-order valence-corrected chi connectivity index (χ2v) is 12.6. The lowest BCUT2D eigenvalue weighted by atomic mass is 10.1. The van der Waals surface area contributed by atoms with Crippen molar-refractivity contribution >= 4 is 21.2 Å². The smallest absolute Gasteiger partial charge is 0.358 e. The fraction of sp³-hybridized carbons (Fsp3) is 0.955. The van der Waals surface area contributed by atoms with Crippen LogP contribution in [0, 0.1) is 0 Å². The van der Waals surface area contributed by atoms with Gasteiger partial charge in [0.25, 0.3) is 0 Å². The van der Waals surface area contributed by atoms with E-state index in [9.17, 15) is 13.9 Å². The number of ether oxygens (including phenoxy) is 2. The zero-order valence-electron chi connectivity index (χ0n) is 22.0. The van der Waals surface area contributed by atoms with Gasteiger partial charge in [-0.3, -0.25) is 13.9 Å². The van der Waals surface area contributed by atoms with Gasteiger partial charge in [0, 0.05) is 34.9 Å². The molecule has 0 aliphatic carbocycles. The standard InChI is InChI=1S/C16H33O5P.C4H11O4P.C2H4O/c1-4-5-6-7-8-9-10-11-12-13-16(17)21-14-15-22(18,19-2)20-3;1-4(5)9(6,7-2)8-3;1-2-3-1/h4-15H2,1-3H3;4-5H,1-3H3;1-2H2. The molecule has 0 aromatic heterocycles. The number of epoxide rings is 1. The van der Waals surface area contributed by atoms with Crippen molar-refractivity contribution in [1.29, 1.82) is 0 Å². The predicted octanol–water partition coefficient (Wildman–Crippen LogP) is 5.76. The van der Waals surface area contributed by atoms with Crippen molar-refractivity contribution in [2.75, 3.05) is 54.4 Å². The van der Waals surface area contributed by atoms with E-state index in [1.54, 1.807) is 0 Å². The molecular formula is C22H48O10P2. The Kier molecular flexibility index (Phi) is 24.4. The largest absolute Gasteiger partial charge is 0.465 e. The molecule has 1 heterocycles. The molecule has 1 rings (SSSR count). The van der Waals surface area contributed by atoms with Gasteiger partial charge in [-0.2, -0.15) is 0 Å². The van der Waals surface area contributed by atoms with Crippen molar-refractivity contribution in [3.05, 3.63) is 0 Å². The number of hydrogen-bond acceptors (Lipinski definition) is 10. The fourth-order valence-corrected chi connectivity index (χ4v) is 4.15. The molecule has 10 nitrogen and oxygen atoms in total. The Hall–Kier alpha value is -0.310. The zero-order chi connectivity index (χ0) is 26.3. The molecule has 1 aliphatic rings. The lowest BCUT2D eigenvalue weighted by Crippen LogP contribution is -2.09. The molecule has 0 bridgehead atoms. The second-order valence-electron chi connectivity index (χ2n) is 7.65. The molecule has 0 aromatic carbocycles. The molecular weight excluding hydrogens is 486 g/mol. The first-order valence-electron chi connectivity index (χ1n) is 12.0. The first kappa shape index (κ1) is 35.8. The van der Waals surface area contributed by atoms with E-state index >= 15 is 0 Å². The van der Waals surface area contributed by atoms with Crippen LogP contribution in [-0.2, 0) is 41.5 Å². The van der Waals surface area contributed by atoms with Crippen LogP contribution in [0.5, 0.6) is 0 Å². The van der Waals surface area contributed by atoms with Crippen molar-refractivity contribution in [1.82, 2.24) is 0 Å². The average Bonchev–Trinajstić information content (AvgIpc) is 3.72. The first-order valence-corrected chi connectivity index (χ1v) is 15.3. The minimum Gasteiger partial charge on any atom is -0.465 e. The van der Waals surface area contributed by atoms with Crippen LogP contribution in [0.4, 0.5) is 0 Å². The van der Waals surface area contributed by atoms with Gasteiger partial charge in [0.2, 0.25) is 0 Å². The third-order valence-electron chi connectivity index (χ3n) is 4.84. The highest BCUT2D eigenvalue weighted by Gasteiger charge is 2.27. The molecule has 1 aliphatic heterocycles. The van der Waals surface area contributed by atoms with Crippen LogP contribution in [0.1, 0.15) is 78.1 Å². The SMILES string of the molecule is C1CO1.CCCCCCCCCCCC(=O)OCCP(=O)(OC)OC.COP(=O)(OC)C(C)O. The maximum absolute atomic E-state index is 11.7. The van der Waals surface area contributed by atoms with E-state index in [-0.39, 0.29) is 18.7 Å². The summed E-state index contributed by atoms with van der Waals surface area (Å²) in [5, 5.41) is 8.76. The Morgan fingerprint density at radius 2 is 1.29 bits per heavy atom. The van der Waals surface area contributed by atoms with Gasteiger partial charge in [-0.25, -0.2) is 0 Å². The summed E-state index contributed by atoms with van der Waals surface area (Å²) in [6.45, 7) is 5.66. The average molecular weight is 535 g/mol. The topological polar surface area (TPSA) is 130 Å². The van der Waals surface area contributed by atoms with Gasteiger partial charge in [-0.15, -0.1) is 0 Å². The number of aliphatic hydroxyl groups is 1. The first-order chi connectivity index (χ1) is 16.1. The lowest BCUT2D eigenvalue weighted by Gasteiger charge is -2.15. The summed E-state index contributed by atoms with van der Waals surface area (Å²) in [6, 6.07) is 0. The molecule has 0 spiro atoms. The minimum atomic E-state index is -3.20. The number of esters is 1. The maximum Gasteiger partial charge on any atom is 0.358 e. The van der Waals surface area contributed by atoms with Crippen molar-refractivity contribution < 1.29 is 46.6 Å². The summed E-state index contributed by atoms with van der Waals surface area (Å²) in [7, 11) is -1.14. The predicted molar refractivity (Wildman–Crippen MR) is 133 cm³/mol. The monoisotopic (exact) mass is 534 g/mol. The number of aliphatic hydroxyl groups excluding tert-OH is 1. The highest BCUT2D eigenvalue weighted by molar-refractivity contribution is 7.54. The second kappa shape index (κ2) is 23.1. The fourth-order valence-electron chi connectivity index (χ4n) is 2.56. The summed E-state index contributed by atoms with van der Waals surface area (Å²) < 4.78 is 50.6. The van der Waals surface area contributed by atoms with Crippen molar-refractivity contribution in [2.24, 2.45) is 0 Å². The number of carbonyl (C=O) groups excluding carboxylic acids is 1. The zero-order valence-corrected chi connectivity index (χ0v) is 23.8. The summed E-state index contributed by atoms with van der Waals surface area (Å²) in [5.41, 5.74) is 0. The van der Waals surface area contributed by atoms with Gasteiger partial charge < -0.3 is 32.7 Å². The Morgan fingerprint density at radius 3 is 1.62 bits per heavy atom. The Labute approximate surface area is 206 Å². The molecule has 12 heteroatoms. The van der Waals surface area contributed by atoms with Crippen molar-refractivity contribution in [2.45, 2.75) is 83.9 Å². The summed E-state index contributed by atoms with van der Waals surface area (Å²) in [6.07, 6.45) is 11.5. The Balaban J connectivity index is 0. The van der Waals surface area contributed by atoms with E-state index < -0.39 is 21.0 Å². The van der Waals surface area contributed by atoms with Crippen LogP contribution in [0.2, 0.25) is 0 Å². The van der Waals surface area contributed by atoms with E-state index in [0.717, 1.165) is 26.1 Å². The van der Waals surface area contributed by atoms with Crippen LogP contribution in [-0.4, -0.2) is 71.3 Å². The number of hydrogen-bond donors (Lipinski definition) is 1. The molecule has 1 N–H and O–H groups in total. The summed E-state index contributed by atoms with van der Waals surface area (Å²) in [5.74, 6) is -1.30. The summed E-state index contributed by atoms with van der Waals surface area (Å²) in [4.78, 5) is 11.5. The lowest BCUT2D eigenvalue weighted by molar-refractivity contribution is -0.143. The van der Waals surface area contributed by atoms with Gasteiger partial charge in [0.1, 0.15) is 6.61 Å². The van der Waals surface area contributed by atoms with Crippen LogP contribution in [0.25, 0.3) is 0 Å². The van der Waals surface area contributed by atoms with Crippen molar-refractivity contribution in [3.8, 4) is 0 Å². The van der Waals surface area contributed by atoms with Gasteiger partial charge in [-0.1, -0.05) is 58.3 Å². The molecule has 1 unspecified atom stereocenters. The molecule has 0 aromatic rings. The minimum absolute atomic E-state index is 0.0786. The summed E-state index contributed by atoms with van der Waals surface area (Å²) >= 11 is 0. The quantitative estimate of drug-likeness (QED) is 0.100. The van der Waals surface area contributed by atoms with Crippen LogP contribution >= 0.6 is 15.2 Å². The third kappa shape index (κ3) is 22.2. The van der Waals surface area contributed by atoms with Crippen LogP contribution in [0.3, 0.4) is 0 Å². The normalized spacial score (nSPS) is 13.7. The van der Waals surface area contributed by atoms with Crippen LogP contribution < -0.4 is 0 Å². The van der Waals surface area contributed by atoms with E-state index in [0.29, 0.717) is 6.42 Å². The number of unbranched alkanes of at least 4 members (excludes halogenated alkanes) is 8.